The summed E-state index contributed by atoms with van der Waals surface area (Å²) in [6.07, 6.45) is 2.63. The first-order valence-electron chi connectivity index (χ1n) is 7.32. The summed E-state index contributed by atoms with van der Waals surface area (Å²) in [5.74, 6) is -1.41. The minimum Gasteiger partial charge on any atom is -0.463 e. The molecule has 0 aliphatic carbocycles. The average Bonchev–Trinajstić information content (AvgIpc) is 2.46. The van der Waals surface area contributed by atoms with Crippen LogP contribution in [-0.2, 0) is 19.1 Å². The van der Waals surface area contributed by atoms with E-state index in [1.807, 2.05) is 0 Å². The van der Waals surface area contributed by atoms with Crippen LogP contribution in [0.5, 0.6) is 0 Å². The molecule has 0 unspecified atom stereocenters. The van der Waals surface area contributed by atoms with Crippen molar-refractivity contribution >= 4 is 11.9 Å². The first kappa shape index (κ1) is 16.9. The van der Waals surface area contributed by atoms with E-state index < -0.39 is 17.5 Å². The van der Waals surface area contributed by atoms with Crippen LogP contribution in [0.1, 0.15) is 39.5 Å². The molecule has 0 aromatic rings. The molecule has 0 atom stereocenters. The predicted molar refractivity (Wildman–Crippen MR) is 73.0 cm³/mol. The highest BCUT2D eigenvalue weighted by Gasteiger charge is 2.47. The maximum absolute atomic E-state index is 11.9. The molecule has 1 heterocycles. The molecule has 0 saturated carbocycles. The van der Waals surface area contributed by atoms with Crippen molar-refractivity contribution in [3.05, 3.63) is 0 Å². The van der Waals surface area contributed by atoms with Crippen LogP contribution in [-0.4, -0.2) is 48.9 Å². The van der Waals surface area contributed by atoms with E-state index in [1.165, 1.54) is 0 Å². The van der Waals surface area contributed by atoms with Crippen LogP contribution >= 0.6 is 0 Å². The smallest absolute Gasteiger partial charge is 0.350 e. The largest absolute Gasteiger partial charge is 0.463 e. The van der Waals surface area contributed by atoms with E-state index in [2.05, 4.69) is 5.32 Å². The van der Waals surface area contributed by atoms with E-state index in [4.69, 9.17) is 9.47 Å². The lowest BCUT2D eigenvalue weighted by molar-refractivity contribution is -0.184. The van der Waals surface area contributed by atoms with E-state index in [1.54, 1.807) is 13.8 Å². The highest BCUT2D eigenvalue weighted by Crippen LogP contribution is 2.25. The lowest BCUT2D eigenvalue weighted by Crippen LogP contribution is -2.49. The van der Waals surface area contributed by atoms with Gasteiger partial charge in [0, 0.05) is 0 Å². The number of hydrogen-bond acceptors (Lipinski definition) is 6. The molecule has 0 bridgehead atoms. The number of aliphatic hydroxyl groups is 1. The van der Waals surface area contributed by atoms with Gasteiger partial charge in [-0.1, -0.05) is 0 Å². The second kappa shape index (κ2) is 8.21. The van der Waals surface area contributed by atoms with Crippen LogP contribution in [0.2, 0.25) is 0 Å². The summed E-state index contributed by atoms with van der Waals surface area (Å²) in [6.45, 7) is 5.37. The Balaban J connectivity index is 2.65. The SMILES string of the molecule is CCOC(=O)C(O)(CCC1CCNCC1)C(=O)OCC. The minimum atomic E-state index is -2.17. The van der Waals surface area contributed by atoms with Gasteiger partial charge in [0.15, 0.2) is 0 Å². The number of hydrogen-bond donors (Lipinski definition) is 2. The normalized spacial score (nSPS) is 16.8. The van der Waals surface area contributed by atoms with Gasteiger partial charge in [0.25, 0.3) is 5.60 Å². The number of nitrogens with one attached hydrogen (secondary N) is 1. The van der Waals surface area contributed by atoms with Crippen LogP contribution in [0, 0.1) is 5.92 Å². The van der Waals surface area contributed by atoms with E-state index >= 15 is 0 Å². The summed E-state index contributed by atoms with van der Waals surface area (Å²) in [5, 5.41) is 13.6. The molecule has 116 valence electrons. The van der Waals surface area contributed by atoms with Crippen LogP contribution in [0.3, 0.4) is 0 Å². The van der Waals surface area contributed by atoms with Gasteiger partial charge >= 0.3 is 11.9 Å². The van der Waals surface area contributed by atoms with Gasteiger partial charge in [0.1, 0.15) is 0 Å². The molecule has 0 aromatic heterocycles. The Labute approximate surface area is 119 Å². The fourth-order valence-electron chi connectivity index (χ4n) is 2.37. The monoisotopic (exact) mass is 287 g/mol. The summed E-state index contributed by atoms with van der Waals surface area (Å²) in [6, 6.07) is 0. The second-order valence-electron chi connectivity index (χ2n) is 5.03. The first-order valence-corrected chi connectivity index (χ1v) is 7.32. The lowest BCUT2D eigenvalue weighted by Gasteiger charge is -2.27. The van der Waals surface area contributed by atoms with Crippen molar-refractivity contribution in [3.8, 4) is 0 Å². The van der Waals surface area contributed by atoms with Crippen LogP contribution in [0.25, 0.3) is 0 Å². The molecular formula is C14H25NO5. The Hall–Kier alpha value is -1.14. The molecule has 1 fully saturated rings. The topological polar surface area (TPSA) is 84.9 Å². The summed E-state index contributed by atoms with van der Waals surface area (Å²) < 4.78 is 9.62. The number of esters is 2. The van der Waals surface area contributed by atoms with Crippen molar-refractivity contribution in [2.24, 2.45) is 5.92 Å². The molecule has 0 aromatic carbocycles. The molecule has 2 N–H and O–H groups in total. The van der Waals surface area contributed by atoms with Crippen molar-refractivity contribution < 1.29 is 24.2 Å². The average molecular weight is 287 g/mol. The number of carbonyl (C=O) groups excluding carboxylic acids is 2. The van der Waals surface area contributed by atoms with Gasteiger partial charge in [-0.25, -0.2) is 9.59 Å². The molecule has 0 radical (unpaired) electrons. The van der Waals surface area contributed by atoms with Crippen LogP contribution < -0.4 is 5.32 Å². The van der Waals surface area contributed by atoms with Gasteiger partial charge < -0.3 is 19.9 Å². The highest BCUT2D eigenvalue weighted by atomic mass is 16.6. The summed E-state index contributed by atoms with van der Waals surface area (Å²) >= 11 is 0. The Morgan fingerprint density at radius 3 is 2.10 bits per heavy atom. The molecule has 1 aliphatic rings. The fraction of sp³-hybridized carbons (Fsp3) is 0.857. The van der Waals surface area contributed by atoms with E-state index in [0.29, 0.717) is 12.3 Å². The van der Waals surface area contributed by atoms with Crippen molar-refractivity contribution in [1.29, 1.82) is 0 Å². The molecule has 6 heteroatoms. The Bertz CT molecular complexity index is 308. The van der Waals surface area contributed by atoms with Gasteiger partial charge in [-0.3, -0.25) is 0 Å². The quantitative estimate of drug-likeness (QED) is 0.527. The Kier molecular flexibility index (Phi) is 6.95. The molecule has 6 nitrogen and oxygen atoms in total. The van der Waals surface area contributed by atoms with E-state index in [9.17, 15) is 14.7 Å². The Morgan fingerprint density at radius 2 is 1.65 bits per heavy atom. The Morgan fingerprint density at radius 1 is 1.15 bits per heavy atom. The molecule has 0 amide bonds. The van der Waals surface area contributed by atoms with E-state index in [-0.39, 0.29) is 19.6 Å². The molecule has 1 saturated heterocycles. The van der Waals surface area contributed by atoms with Gasteiger partial charge in [-0.15, -0.1) is 0 Å². The van der Waals surface area contributed by atoms with Gasteiger partial charge in [-0.05, 0) is 58.5 Å². The number of rotatable bonds is 7. The summed E-state index contributed by atoms with van der Waals surface area (Å²) in [4.78, 5) is 23.7. The second-order valence-corrected chi connectivity index (χ2v) is 5.03. The highest BCUT2D eigenvalue weighted by molar-refractivity contribution is 6.03. The van der Waals surface area contributed by atoms with Crippen molar-refractivity contribution in [1.82, 2.24) is 5.32 Å². The van der Waals surface area contributed by atoms with Crippen molar-refractivity contribution in [3.63, 3.8) is 0 Å². The zero-order valence-corrected chi connectivity index (χ0v) is 12.3. The van der Waals surface area contributed by atoms with E-state index in [0.717, 1.165) is 25.9 Å². The van der Waals surface area contributed by atoms with Crippen LogP contribution in [0.15, 0.2) is 0 Å². The summed E-state index contributed by atoms with van der Waals surface area (Å²) in [5.41, 5.74) is -2.17. The molecular weight excluding hydrogens is 262 g/mol. The summed E-state index contributed by atoms with van der Waals surface area (Å²) in [7, 11) is 0. The number of piperidine rings is 1. The number of carbonyl (C=O) groups is 2. The standard InChI is InChI=1S/C14H25NO5/c1-3-19-12(16)14(18,13(17)20-4-2)8-5-11-6-9-15-10-7-11/h11,15,18H,3-10H2,1-2H3. The molecule has 0 spiro atoms. The first-order chi connectivity index (χ1) is 9.54. The molecule has 1 rings (SSSR count). The number of ether oxygens (including phenoxy) is 2. The lowest BCUT2D eigenvalue weighted by atomic mass is 9.87. The molecule has 1 aliphatic heterocycles. The molecule has 20 heavy (non-hydrogen) atoms. The minimum absolute atomic E-state index is 0.0509. The van der Waals surface area contributed by atoms with Crippen LogP contribution in [0.4, 0.5) is 0 Å². The third kappa shape index (κ3) is 4.45. The van der Waals surface area contributed by atoms with Crippen molar-refractivity contribution in [2.75, 3.05) is 26.3 Å². The zero-order valence-electron chi connectivity index (χ0n) is 12.3. The van der Waals surface area contributed by atoms with Crippen molar-refractivity contribution in [2.45, 2.75) is 45.1 Å². The zero-order chi connectivity index (χ0) is 15.0. The fourth-order valence-corrected chi connectivity index (χ4v) is 2.37. The van der Waals surface area contributed by atoms with Gasteiger partial charge in [0.05, 0.1) is 13.2 Å². The maximum Gasteiger partial charge on any atom is 0.350 e. The predicted octanol–water partition coefficient (Wildman–Crippen LogP) is 0.623. The third-order valence-corrected chi connectivity index (χ3v) is 3.60. The van der Waals surface area contributed by atoms with Gasteiger partial charge in [0.2, 0.25) is 0 Å². The third-order valence-electron chi connectivity index (χ3n) is 3.60. The van der Waals surface area contributed by atoms with Gasteiger partial charge in [-0.2, -0.15) is 0 Å². The maximum atomic E-state index is 11.9.